The predicted molar refractivity (Wildman–Crippen MR) is 59.1 cm³/mol. The highest BCUT2D eigenvalue weighted by Gasteiger charge is 2.39. The fraction of sp³-hybridized carbons (Fsp3) is 0.846. The second kappa shape index (κ2) is 3.69. The number of fused-ring (bicyclic) bond motifs is 2. The van der Waals surface area contributed by atoms with Crippen LogP contribution in [0.5, 0.6) is 0 Å². The molecule has 14 heavy (non-hydrogen) atoms. The molecule has 2 bridgehead atoms. The second-order valence-corrected chi connectivity index (χ2v) is 5.48. The number of hydrogen-bond donors (Lipinski definition) is 1. The molecular weight excluding hydrogens is 170 g/mol. The zero-order valence-corrected chi connectivity index (χ0v) is 8.91. The van der Waals surface area contributed by atoms with Crippen molar-refractivity contribution in [1.29, 1.82) is 0 Å². The van der Waals surface area contributed by atoms with Crippen LogP contribution in [0.15, 0.2) is 12.2 Å². The van der Waals surface area contributed by atoms with Gasteiger partial charge in [0.15, 0.2) is 0 Å². The van der Waals surface area contributed by atoms with Gasteiger partial charge in [0.05, 0.1) is 0 Å². The summed E-state index contributed by atoms with van der Waals surface area (Å²) in [5.74, 6) is 3.21. The van der Waals surface area contributed by atoms with E-state index in [1.807, 2.05) is 0 Å². The van der Waals surface area contributed by atoms with E-state index < -0.39 is 0 Å². The minimum Gasteiger partial charge on any atom is -0.313 e. The fourth-order valence-corrected chi connectivity index (χ4v) is 3.73. The third kappa shape index (κ3) is 1.63. The highest BCUT2D eigenvalue weighted by molar-refractivity contribution is 4.98. The first-order chi connectivity index (χ1) is 6.92. The van der Waals surface area contributed by atoms with Crippen LogP contribution in [-0.2, 0) is 0 Å². The zero-order chi connectivity index (χ0) is 9.38. The van der Waals surface area contributed by atoms with Gasteiger partial charge in [-0.15, -0.1) is 0 Å². The molecule has 0 aromatic heterocycles. The maximum absolute atomic E-state index is 3.75. The topological polar surface area (TPSA) is 12.0 Å². The van der Waals surface area contributed by atoms with Crippen molar-refractivity contribution < 1.29 is 0 Å². The van der Waals surface area contributed by atoms with Crippen LogP contribution >= 0.6 is 0 Å². The van der Waals surface area contributed by atoms with Crippen molar-refractivity contribution in [3.05, 3.63) is 12.2 Å². The molecule has 0 amide bonds. The predicted octanol–water partition coefficient (Wildman–Crippen LogP) is 2.73. The van der Waals surface area contributed by atoms with E-state index in [0.717, 1.165) is 23.8 Å². The molecule has 78 valence electrons. The molecule has 2 saturated carbocycles. The summed E-state index contributed by atoms with van der Waals surface area (Å²) in [5, 5.41) is 3.75. The van der Waals surface area contributed by atoms with Crippen molar-refractivity contribution in [3.8, 4) is 0 Å². The molecule has 0 heterocycles. The average Bonchev–Trinajstić information content (AvgIpc) is 2.91. The molecule has 3 aliphatic rings. The molecule has 1 nitrogen and oxygen atoms in total. The lowest BCUT2D eigenvalue weighted by atomic mass is 9.88. The molecule has 3 atom stereocenters. The molecule has 0 radical (unpaired) electrons. The van der Waals surface area contributed by atoms with Gasteiger partial charge < -0.3 is 5.32 Å². The van der Waals surface area contributed by atoms with Crippen LogP contribution in [0.2, 0.25) is 0 Å². The molecule has 0 spiro atoms. The first kappa shape index (κ1) is 8.96. The smallest absolute Gasteiger partial charge is 0.0136 e. The van der Waals surface area contributed by atoms with Crippen LogP contribution in [0.25, 0.3) is 0 Å². The van der Waals surface area contributed by atoms with Gasteiger partial charge >= 0.3 is 0 Å². The monoisotopic (exact) mass is 191 g/mol. The summed E-state index contributed by atoms with van der Waals surface area (Å²) in [6, 6.07) is 0.772. The Kier molecular flexibility index (Phi) is 2.36. The molecule has 1 N–H and O–H groups in total. The highest BCUT2D eigenvalue weighted by atomic mass is 14.9. The largest absolute Gasteiger partial charge is 0.313 e. The third-order valence-electron chi connectivity index (χ3n) is 4.56. The van der Waals surface area contributed by atoms with Crippen LogP contribution in [0.4, 0.5) is 0 Å². The Labute approximate surface area is 87.0 Å². The summed E-state index contributed by atoms with van der Waals surface area (Å²) in [6.45, 7) is 1.30. The van der Waals surface area contributed by atoms with Crippen molar-refractivity contribution >= 4 is 0 Å². The highest BCUT2D eigenvalue weighted by Crippen LogP contribution is 2.47. The van der Waals surface area contributed by atoms with Crippen molar-refractivity contribution in [1.82, 2.24) is 5.32 Å². The molecule has 1 heteroatoms. The van der Waals surface area contributed by atoms with E-state index in [2.05, 4.69) is 17.5 Å². The molecular formula is C13H21N. The summed E-state index contributed by atoms with van der Waals surface area (Å²) in [5.41, 5.74) is 0. The van der Waals surface area contributed by atoms with E-state index in [-0.39, 0.29) is 0 Å². The first-order valence-corrected chi connectivity index (χ1v) is 6.30. The third-order valence-corrected chi connectivity index (χ3v) is 4.56. The van der Waals surface area contributed by atoms with Crippen molar-refractivity contribution in [3.63, 3.8) is 0 Å². The van der Waals surface area contributed by atoms with Gasteiger partial charge in [-0.2, -0.15) is 0 Å². The Balaban J connectivity index is 1.45. The minimum atomic E-state index is 0.772. The number of hydrogen-bond acceptors (Lipinski definition) is 1. The number of rotatable bonds is 3. The molecule has 3 rings (SSSR count). The zero-order valence-electron chi connectivity index (χ0n) is 8.91. The van der Waals surface area contributed by atoms with Gasteiger partial charge in [0.1, 0.15) is 0 Å². The van der Waals surface area contributed by atoms with E-state index in [9.17, 15) is 0 Å². The van der Waals surface area contributed by atoms with Crippen LogP contribution in [0, 0.1) is 17.8 Å². The molecule has 0 aromatic carbocycles. The quantitative estimate of drug-likeness (QED) is 0.676. The molecule has 3 aliphatic carbocycles. The average molecular weight is 191 g/mol. The Morgan fingerprint density at radius 3 is 2.57 bits per heavy atom. The first-order valence-electron chi connectivity index (χ1n) is 6.30. The summed E-state index contributed by atoms with van der Waals surface area (Å²) >= 11 is 0. The summed E-state index contributed by atoms with van der Waals surface area (Å²) in [7, 11) is 0. The van der Waals surface area contributed by atoms with Gasteiger partial charge in [-0.05, 0) is 56.4 Å². The SMILES string of the molecule is C1=CCC(NCC2CC3CCC2C3)C1. The maximum Gasteiger partial charge on any atom is 0.0136 e. The fourth-order valence-electron chi connectivity index (χ4n) is 3.73. The Bertz CT molecular complexity index is 225. The van der Waals surface area contributed by atoms with E-state index in [4.69, 9.17) is 0 Å². The number of nitrogens with one attached hydrogen (secondary N) is 1. The van der Waals surface area contributed by atoms with E-state index >= 15 is 0 Å². The van der Waals surface area contributed by atoms with Crippen LogP contribution in [0.3, 0.4) is 0 Å². The van der Waals surface area contributed by atoms with Gasteiger partial charge in [0.25, 0.3) is 0 Å². The lowest BCUT2D eigenvalue weighted by molar-refractivity contribution is 0.307. The van der Waals surface area contributed by atoms with Gasteiger partial charge in [-0.1, -0.05) is 18.6 Å². The molecule has 0 aliphatic heterocycles. The Hall–Kier alpha value is -0.300. The summed E-state index contributed by atoms with van der Waals surface area (Å²) in [6.07, 6.45) is 13.3. The second-order valence-electron chi connectivity index (χ2n) is 5.48. The van der Waals surface area contributed by atoms with Gasteiger partial charge in [-0.25, -0.2) is 0 Å². The van der Waals surface area contributed by atoms with Crippen LogP contribution < -0.4 is 5.32 Å². The van der Waals surface area contributed by atoms with Gasteiger partial charge in [0, 0.05) is 6.04 Å². The van der Waals surface area contributed by atoms with E-state index in [1.165, 1.54) is 38.6 Å². The van der Waals surface area contributed by atoms with E-state index in [1.54, 1.807) is 6.42 Å². The molecule has 0 saturated heterocycles. The van der Waals surface area contributed by atoms with Gasteiger partial charge in [-0.3, -0.25) is 0 Å². The normalized spacial score (nSPS) is 41.3. The lowest BCUT2D eigenvalue weighted by Crippen LogP contribution is -2.33. The van der Waals surface area contributed by atoms with Crippen LogP contribution in [0.1, 0.15) is 38.5 Å². The van der Waals surface area contributed by atoms with Gasteiger partial charge in [0.2, 0.25) is 0 Å². The summed E-state index contributed by atoms with van der Waals surface area (Å²) in [4.78, 5) is 0. The standard InChI is InChI=1S/C13H21N/c1-2-4-13(3-1)14-9-12-8-10-5-6-11(12)7-10/h1-2,10-14H,3-9H2. The Morgan fingerprint density at radius 2 is 1.93 bits per heavy atom. The van der Waals surface area contributed by atoms with E-state index in [0.29, 0.717) is 0 Å². The van der Waals surface area contributed by atoms with Crippen molar-refractivity contribution in [2.75, 3.05) is 6.54 Å². The molecule has 0 aromatic rings. The van der Waals surface area contributed by atoms with Crippen molar-refractivity contribution in [2.45, 2.75) is 44.6 Å². The molecule has 3 unspecified atom stereocenters. The minimum absolute atomic E-state index is 0.772. The Morgan fingerprint density at radius 1 is 1.07 bits per heavy atom. The maximum atomic E-state index is 3.75. The lowest BCUT2D eigenvalue weighted by Gasteiger charge is -2.23. The molecule has 2 fully saturated rings. The van der Waals surface area contributed by atoms with Crippen molar-refractivity contribution in [2.24, 2.45) is 17.8 Å². The van der Waals surface area contributed by atoms with Crippen LogP contribution in [-0.4, -0.2) is 12.6 Å². The summed E-state index contributed by atoms with van der Waals surface area (Å²) < 4.78 is 0.